The number of benzene rings is 2. The monoisotopic (exact) mass is 429 g/mol. The van der Waals surface area contributed by atoms with Gasteiger partial charge in [-0.3, -0.25) is 14.4 Å². The summed E-state index contributed by atoms with van der Waals surface area (Å²) in [7, 11) is 0. The van der Waals surface area contributed by atoms with Gasteiger partial charge in [-0.15, -0.1) is 0 Å². The average Bonchev–Trinajstić information content (AvgIpc) is 3.35. The van der Waals surface area contributed by atoms with Gasteiger partial charge in [0, 0.05) is 35.4 Å². The molecule has 1 saturated heterocycles. The van der Waals surface area contributed by atoms with E-state index >= 15 is 0 Å². The molecule has 2 aliphatic heterocycles. The molecule has 4 rings (SSSR count). The maximum atomic E-state index is 12.5. The molecular formula is C21H20ClN3O5. The topological polar surface area (TPSA) is 97.0 Å². The van der Waals surface area contributed by atoms with Crippen molar-refractivity contribution in [2.75, 3.05) is 30.1 Å². The molecule has 2 aromatic carbocycles. The van der Waals surface area contributed by atoms with E-state index in [0.29, 0.717) is 27.9 Å². The molecule has 2 aromatic rings. The van der Waals surface area contributed by atoms with Gasteiger partial charge in [0.15, 0.2) is 11.5 Å². The molecule has 0 spiro atoms. The van der Waals surface area contributed by atoms with E-state index in [1.54, 1.807) is 48.2 Å². The van der Waals surface area contributed by atoms with Crippen molar-refractivity contribution in [3.8, 4) is 11.5 Å². The fourth-order valence-electron chi connectivity index (χ4n) is 3.43. The van der Waals surface area contributed by atoms with Crippen molar-refractivity contribution >= 4 is 40.7 Å². The van der Waals surface area contributed by atoms with Crippen LogP contribution in [0.2, 0.25) is 5.02 Å². The minimum Gasteiger partial charge on any atom is -0.454 e. The number of rotatable bonds is 5. The molecule has 30 heavy (non-hydrogen) atoms. The number of hydrogen-bond acceptors (Lipinski definition) is 5. The molecule has 156 valence electrons. The Balaban J connectivity index is 1.32. The first-order chi connectivity index (χ1) is 14.4. The van der Waals surface area contributed by atoms with E-state index in [1.807, 2.05) is 0 Å². The quantitative estimate of drug-likeness (QED) is 0.761. The Kier molecular flexibility index (Phi) is 5.50. The van der Waals surface area contributed by atoms with Gasteiger partial charge in [-0.1, -0.05) is 17.7 Å². The molecule has 0 saturated carbocycles. The van der Waals surface area contributed by atoms with Crippen molar-refractivity contribution in [2.45, 2.75) is 13.3 Å². The Hall–Kier alpha value is -3.26. The smallest absolute Gasteiger partial charge is 0.243 e. The summed E-state index contributed by atoms with van der Waals surface area (Å²) in [5.74, 6) is -0.214. The summed E-state index contributed by atoms with van der Waals surface area (Å²) in [5, 5.41) is 5.87. The van der Waals surface area contributed by atoms with Crippen LogP contribution in [0.3, 0.4) is 0 Å². The van der Waals surface area contributed by atoms with Crippen LogP contribution < -0.4 is 25.0 Å². The Morgan fingerprint density at radius 1 is 1.20 bits per heavy atom. The number of nitrogens with one attached hydrogen (secondary N) is 2. The predicted molar refractivity (Wildman–Crippen MR) is 111 cm³/mol. The van der Waals surface area contributed by atoms with E-state index in [-0.39, 0.29) is 44.0 Å². The maximum absolute atomic E-state index is 12.5. The standard InChI is InChI=1S/C21H20ClN3O5/c1-12-15(22)3-2-4-16(12)24-19(26)9-23-21(28)13-7-20(27)25(10-13)14-5-6-17-18(8-14)30-11-29-17/h2-6,8,13H,7,9-11H2,1H3,(H,23,28)(H,24,26). The summed E-state index contributed by atoms with van der Waals surface area (Å²) in [6.07, 6.45) is 0.0787. The van der Waals surface area contributed by atoms with Crippen molar-refractivity contribution < 1.29 is 23.9 Å². The Labute approximate surface area is 178 Å². The van der Waals surface area contributed by atoms with Gasteiger partial charge in [0.2, 0.25) is 24.5 Å². The molecular weight excluding hydrogens is 410 g/mol. The van der Waals surface area contributed by atoms with Crippen LogP contribution in [0, 0.1) is 12.8 Å². The van der Waals surface area contributed by atoms with Gasteiger partial charge in [0.1, 0.15) is 0 Å². The summed E-state index contributed by atoms with van der Waals surface area (Å²) < 4.78 is 10.6. The first kappa shape index (κ1) is 20.0. The number of nitrogens with zero attached hydrogens (tertiary/aromatic N) is 1. The third kappa shape index (κ3) is 4.04. The summed E-state index contributed by atoms with van der Waals surface area (Å²) in [4.78, 5) is 38.6. The minimum absolute atomic E-state index is 0.0787. The summed E-state index contributed by atoms with van der Waals surface area (Å²) in [6.45, 7) is 1.98. The lowest BCUT2D eigenvalue weighted by molar-refractivity contribution is -0.127. The molecule has 3 amide bonds. The molecule has 0 aliphatic carbocycles. The molecule has 1 fully saturated rings. The molecule has 2 heterocycles. The third-order valence-electron chi connectivity index (χ3n) is 5.13. The highest BCUT2D eigenvalue weighted by Crippen LogP contribution is 2.37. The summed E-state index contributed by atoms with van der Waals surface area (Å²) in [5.41, 5.74) is 1.99. The van der Waals surface area contributed by atoms with Crippen LogP contribution >= 0.6 is 11.6 Å². The lowest BCUT2D eigenvalue weighted by Crippen LogP contribution is -2.38. The van der Waals surface area contributed by atoms with Crippen LogP contribution in [0.1, 0.15) is 12.0 Å². The van der Waals surface area contributed by atoms with Crippen molar-refractivity contribution in [3.63, 3.8) is 0 Å². The molecule has 1 atom stereocenters. The van der Waals surface area contributed by atoms with Crippen LogP contribution in [0.25, 0.3) is 0 Å². The highest BCUT2D eigenvalue weighted by Gasteiger charge is 2.35. The Morgan fingerprint density at radius 2 is 2.00 bits per heavy atom. The van der Waals surface area contributed by atoms with E-state index in [1.165, 1.54) is 0 Å². The summed E-state index contributed by atoms with van der Waals surface area (Å²) in [6, 6.07) is 10.4. The SMILES string of the molecule is Cc1c(Cl)cccc1NC(=O)CNC(=O)C1CC(=O)N(c2ccc3c(c2)OCO3)C1. The van der Waals surface area contributed by atoms with Crippen molar-refractivity contribution in [2.24, 2.45) is 5.92 Å². The molecule has 1 unspecified atom stereocenters. The lowest BCUT2D eigenvalue weighted by Gasteiger charge is -2.17. The highest BCUT2D eigenvalue weighted by molar-refractivity contribution is 6.31. The molecule has 0 radical (unpaired) electrons. The van der Waals surface area contributed by atoms with Gasteiger partial charge >= 0.3 is 0 Å². The zero-order valence-corrected chi connectivity index (χ0v) is 17.0. The number of carbonyl (C=O) groups is 3. The van der Waals surface area contributed by atoms with Crippen LogP contribution in [0.15, 0.2) is 36.4 Å². The second-order valence-corrected chi connectivity index (χ2v) is 7.53. The zero-order chi connectivity index (χ0) is 21.3. The Bertz CT molecular complexity index is 1030. The number of hydrogen-bond donors (Lipinski definition) is 2. The number of halogens is 1. The number of ether oxygens (including phenoxy) is 2. The first-order valence-electron chi connectivity index (χ1n) is 9.45. The molecule has 2 aliphatic rings. The fraction of sp³-hybridized carbons (Fsp3) is 0.286. The number of carbonyl (C=O) groups excluding carboxylic acids is 3. The number of anilines is 2. The third-order valence-corrected chi connectivity index (χ3v) is 5.54. The second kappa shape index (κ2) is 8.23. The van der Waals surface area contributed by atoms with Gasteiger partial charge in [0.05, 0.1) is 12.5 Å². The van der Waals surface area contributed by atoms with Crippen molar-refractivity contribution in [1.82, 2.24) is 5.32 Å². The second-order valence-electron chi connectivity index (χ2n) is 7.12. The molecule has 0 aromatic heterocycles. The minimum atomic E-state index is -0.538. The van der Waals surface area contributed by atoms with E-state index in [0.717, 1.165) is 5.56 Å². The van der Waals surface area contributed by atoms with E-state index in [9.17, 15) is 14.4 Å². The van der Waals surface area contributed by atoms with Gasteiger partial charge in [-0.2, -0.15) is 0 Å². The first-order valence-corrected chi connectivity index (χ1v) is 9.83. The van der Waals surface area contributed by atoms with E-state index in [4.69, 9.17) is 21.1 Å². The molecule has 9 heteroatoms. The number of amides is 3. The van der Waals surface area contributed by atoms with E-state index < -0.39 is 5.92 Å². The number of fused-ring (bicyclic) bond motifs is 1. The normalized spacial score (nSPS) is 17.2. The summed E-state index contributed by atoms with van der Waals surface area (Å²) >= 11 is 6.05. The highest BCUT2D eigenvalue weighted by atomic mass is 35.5. The van der Waals surface area contributed by atoms with Gasteiger partial charge in [-0.25, -0.2) is 0 Å². The predicted octanol–water partition coefficient (Wildman–Crippen LogP) is 2.48. The van der Waals surface area contributed by atoms with Crippen LogP contribution in [0.5, 0.6) is 11.5 Å². The maximum Gasteiger partial charge on any atom is 0.243 e. The zero-order valence-electron chi connectivity index (χ0n) is 16.2. The van der Waals surface area contributed by atoms with E-state index in [2.05, 4.69) is 10.6 Å². The molecule has 8 nitrogen and oxygen atoms in total. The van der Waals surface area contributed by atoms with Crippen LogP contribution in [-0.2, 0) is 14.4 Å². The van der Waals surface area contributed by atoms with Gasteiger partial charge in [0.25, 0.3) is 0 Å². The average molecular weight is 430 g/mol. The Morgan fingerprint density at radius 3 is 2.83 bits per heavy atom. The molecule has 0 bridgehead atoms. The van der Waals surface area contributed by atoms with Crippen molar-refractivity contribution in [3.05, 3.63) is 47.0 Å². The van der Waals surface area contributed by atoms with Crippen LogP contribution in [-0.4, -0.2) is 37.6 Å². The van der Waals surface area contributed by atoms with Crippen molar-refractivity contribution in [1.29, 1.82) is 0 Å². The lowest BCUT2D eigenvalue weighted by atomic mass is 10.1. The molecule has 2 N–H and O–H groups in total. The fourth-order valence-corrected chi connectivity index (χ4v) is 3.61. The van der Waals surface area contributed by atoms with Gasteiger partial charge in [-0.05, 0) is 36.8 Å². The van der Waals surface area contributed by atoms with Crippen LogP contribution in [0.4, 0.5) is 11.4 Å². The van der Waals surface area contributed by atoms with Gasteiger partial charge < -0.3 is 25.0 Å². The largest absolute Gasteiger partial charge is 0.454 e.